The average molecular weight is 398 g/mol. The van der Waals surface area contributed by atoms with E-state index in [1.54, 1.807) is 0 Å². The maximum atomic E-state index is 15.1. The van der Waals surface area contributed by atoms with Crippen molar-refractivity contribution < 1.29 is 26.8 Å². The normalized spacial score (nSPS) is 26.6. The molecule has 0 saturated carbocycles. The number of hydrogen-bond acceptors (Lipinski definition) is 5. The number of nitrogens with two attached hydrogens (primary N) is 1. The van der Waals surface area contributed by atoms with Crippen molar-refractivity contribution in [3.05, 3.63) is 47.4 Å². The van der Waals surface area contributed by atoms with Crippen molar-refractivity contribution in [2.24, 2.45) is 10.7 Å². The number of anilines is 1. The zero-order valence-corrected chi connectivity index (χ0v) is 15.3. The fourth-order valence-corrected chi connectivity index (χ4v) is 3.03. The predicted octanol–water partition coefficient (Wildman–Crippen LogP) is 3.71. The van der Waals surface area contributed by atoms with Gasteiger partial charge in [-0.25, -0.2) is 22.5 Å². The minimum absolute atomic E-state index is 0.105. The van der Waals surface area contributed by atoms with E-state index in [1.807, 2.05) is 0 Å². The summed E-state index contributed by atoms with van der Waals surface area (Å²) in [6, 6.07) is 3.57. The Hall–Kier alpha value is -2.91. The number of rotatable bonds is 3. The van der Waals surface area contributed by atoms with Gasteiger partial charge in [-0.1, -0.05) is 12.1 Å². The van der Waals surface area contributed by atoms with E-state index >= 15 is 4.39 Å². The molecule has 1 aliphatic rings. The molecule has 1 aliphatic heterocycles. The third-order valence-electron chi connectivity index (χ3n) is 4.77. The Balaban J connectivity index is 2.03. The van der Waals surface area contributed by atoms with Gasteiger partial charge in [0.15, 0.2) is 28.6 Å². The summed E-state index contributed by atoms with van der Waals surface area (Å²) in [5, 5.41) is 2.26. The van der Waals surface area contributed by atoms with E-state index in [1.165, 1.54) is 19.1 Å². The number of benzene rings is 1. The van der Waals surface area contributed by atoms with Gasteiger partial charge in [0.05, 0.1) is 12.1 Å². The lowest BCUT2D eigenvalue weighted by Crippen LogP contribution is -2.56. The summed E-state index contributed by atoms with van der Waals surface area (Å²) in [4.78, 5) is 19.6. The first kappa shape index (κ1) is 19.8. The summed E-state index contributed by atoms with van der Waals surface area (Å²) in [7, 11) is 0. The minimum atomic E-state index is -3.73. The van der Waals surface area contributed by atoms with Gasteiger partial charge in [0.2, 0.25) is 0 Å². The van der Waals surface area contributed by atoms with Gasteiger partial charge in [0.25, 0.3) is 11.8 Å². The van der Waals surface area contributed by atoms with Crippen LogP contribution in [0.1, 0.15) is 42.2 Å². The highest BCUT2D eigenvalue weighted by molar-refractivity contribution is 6.02. The maximum Gasteiger partial charge on any atom is 0.280 e. The van der Waals surface area contributed by atoms with Crippen molar-refractivity contribution >= 4 is 17.4 Å². The third-order valence-corrected chi connectivity index (χ3v) is 4.77. The molecular formula is C18H18F4N4O2. The Bertz CT molecular complexity index is 970. The summed E-state index contributed by atoms with van der Waals surface area (Å²) in [5.74, 6) is -6.06. The largest absolute Gasteiger partial charge is 0.448 e. The van der Waals surface area contributed by atoms with Crippen LogP contribution in [0.3, 0.4) is 0 Å². The molecule has 3 N–H and O–H groups in total. The van der Waals surface area contributed by atoms with Crippen molar-refractivity contribution in [2.75, 3.05) is 5.32 Å². The number of nitrogens with zero attached hydrogens (tertiary/aromatic N) is 2. The molecule has 0 saturated heterocycles. The maximum absolute atomic E-state index is 15.1. The molecule has 0 aliphatic carbocycles. The number of hydrogen-bond donors (Lipinski definition) is 2. The standard InChI is InChI=1S/C18H18F4N4O2/c1-9-24-12(7-28-9)14(27)25-11-6-4-5-10(13(11)19)17(3)18(21,22)8-16(2,20)15(23)26-17/h4-7H,8H2,1-3H3,(H2,23,26)(H,25,27)/t16-,17-/m1/s1. The molecule has 0 bridgehead atoms. The van der Waals surface area contributed by atoms with Gasteiger partial charge in [-0.15, -0.1) is 0 Å². The zero-order chi connectivity index (χ0) is 20.9. The topological polar surface area (TPSA) is 93.5 Å². The Morgan fingerprint density at radius 1 is 1.29 bits per heavy atom. The molecule has 2 aromatic rings. The van der Waals surface area contributed by atoms with E-state index < -0.39 is 46.7 Å². The Labute approximate surface area is 157 Å². The third kappa shape index (κ3) is 3.12. The Morgan fingerprint density at radius 3 is 2.57 bits per heavy atom. The van der Waals surface area contributed by atoms with Crippen LogP contribution in [0.25, 0.3) is 0 Å². The van der Waals surface area contributed by atoms with E-state index in [9.17, 15) is 18.0 Å². The van der Waals surface area contributed by atoms with Gasteiger partial charge >= 0.3 is 0 Å². The fourth-order valence-electron chi connectivity index (χ4n) is 3.03. The molecule has 2 heterocycles. The van der Waals surface area contributed by atoms with Crippen LogP contribution in [0, 0.1) is 12.7 Å². The first-order valence-electron chi connectivity index (χ1n) is 8.32. The molecule has 6 nitrogen and oxygen atoms in total. The number of aromatic nitrogens is 1. The summed E-state index contributed by atoms with van der Waals surface area (Å²) >= 11 is 0. The summed E-state index contributed by atoms with van der Waals surface area (Å²) in [5.41, 5.74) is -0.426. The number of halogens is 4. The Morgan fingerprint density at radius 2 is 1.96 bits per heavy atom. The van der Waals surface area contributed by atoms with E-state index in [-0.39, 0.29) is 17.3 Å². The molecule has 28 heavy (non-hydrogen) atoms. The molecule has 0 unspecified atom stereocenters. The lowest BCUT2D eigenvalue weighted by atomic mass is 9.77. The zero-order valence-electron chi connectivity index (χ0n) is 15.3. The molecule has 150 valence electrons. The van der Waals surface area contributed by atoms with Gasteiger partial charge in [0, 0.05) is 12.5 Å². The predicted molar refractivity (Wildman–Crippen MR) is 93.6 cm³/mol. The molecule has 1 aromatic carbocycles. The van der Waals surface area contributed by atoms with Crippen LogP contribution >= 0.6 is 0 Å². The average Bonchev–Trinajstić information content (AvgIpc) is 3.01. The van der Waals surface area contributed by atoms with Crippen LogP contribution in [0.2, 0.25) is 0 Å². The summed E-state index contributed by atoms with van der Waals surface area (Å²) in [6.07, 6.45) is -0.170. The Kier molecular flexibility index (Phi) is 4.48. The second kappa shape index (κ2) is 6.32. The van der Waals surface area contributed by atoms with Crippen molar-refractivity contribution in [3.63, 3.8) is 0 Å². The van der Waals surface area contributed by atoms with Crippen molar-refractivity contribution in [3.8, 4) is 0 Å². The molecule has 0 spiro atoms. The van der Waals surface area contributed by atoms with Gasteiger partial charge < -0.3 is 15.5 Å². The number of aliphatic imine (C=N–C) groups is 1. The van der Waals surface area contributed by atoms with Crippen LogP contribution in [0.4, 0.5) is 23.2 Å². The molecule has 3 rings (SSSR count). The molecule has 1 amide bonds. The minimum Gasteiger partial charge on any atom is -0.448 e. The van der Waals surface area contributed by atoms with E-state index in [0.29, 0.717) is 0 Å². The van der Waals surface area contributed by atoms with E-state index in [0.717, 1.165) is 26.2 Å². The van der Waals surface area contributed by atoms with Crippen LogP contribution in [-0.4, -0.2) is 28.3 Å². The van der Waals surface area contributed by atoms with Crippen molar-refractivity contribution in [1.82, 2.24) is 4.98 Å². The lowest BCUT2D eigenvalue weighted by molar-refractivity contribution is -0.106. The SMILES string of the molecule is Cc1nc(C(=O)Nc2cccc([C@@]3(C)N=C(N)[C@](C)(F)CC3(F)F)c2F)co1. The monoisotopic (exact) mass is 398 g/mol. The number of oxazole rings is 1. The van der Waals surface area contributed by atoms with Crippen molar-refractivity contribution in [2.45, 2.75) is 44.3 Å². The van der Waals surface area contributed by atoms with Crippen LogP contribution in [0.15, 0.2) is 33.9 Å². The molecule has 2 atom stereocenters. The second-order valence-electron chi connectivity index (χ2n) is 7.02. The van der Waals surface area contributed by atoms with Gasteiger partial charge in [0.1, 0.15) is 12.1 Å². The second-order valence-corrected chi connectivity index (χ2v) is 7.02. The number of alkyl halides is 3. The number of amidine groups is 1. The van der Waals surface area contributed by atoms with Crippen molar-refractivity contribution in [1.29, 1.82) is 0 Å². The number of amides is 1. The lowest BCUT2D eigenvalue weighted by Gasteiger charge is -2.42. The van der Waals surface area contributed by atoms with E-state index in [4.69, 9.17) is 10.2 Å². The number of nitrogens with one attached hydrogen (secondary N) is 1. The summed E-state index contributed by atoms with van der Waals surface area (Å²) in [6.45, 7) is 3.39. The molecular weight excluding hydrogens is 380 g/mol. The quantitative estimate of drug-likeness (QED) is 0.771. The molecule has 1 aromatic heterocycles. The molecule has 0 fully saturated rings. The van der Waals surface area contributed by atoms with Gasteiger partial charge in [-0.3, -0.25) is 9.79 Å². The first-order valence-corrected chi connectivity index (χ1v) is 8.32. The highest BCUT2D eigenvalue weighted by Gasteiger charge is 2.60. The van der Waals surface area contributed by atoms with Crippen LogP contribution in [0.5, 0.6) is 0 Å². The highest BCUT2D eigenvalue weighted by atomic mass is 19.3. The number of aryl methyl sites for hydroxylation is 1. The van der Waals surface area contributed by atoms with Gasteiger partial charge in [-0.05, 0) is 19.9 Å². The van der Waals surface area contributed by atoms with E-state index in [2.05, 4.69) is 15.3 Å². The highest BCUT2D eigenvalue weighted by Crippen LogP contribution is 2.50. The molecule has 0 radical (unpaired) electrons. The molecule has 10 heteroatoms. The van der Waals surface area contributed by atoms with Crippen LogP contribution < -0.4 is 11.1 Å². The van der Waals surface area contributed by atoms with Crippen LogP contribution in [-0.2, 0) is 5.54 Å². The first-order chi connectivity index (χ1) is 12.9. The van der Waals surface area contributed by atoms with Gasteiger partial charge in [-0.2, -0.15) is 0 Å². The number of carbonyl (C=O) groups excluding carboxylic acids is 1. The smallest absolute Gasteiger partial charge is 0.280 e. The number of carbonyl (C=O) groups is 1. The summed E-state index contributed by atoms with van der Waals surface area (Å²) < 4.78 is 63.8. The fraction of sp³-hybridized carbons (Fsp3) is 0.389.